The van der Waals surface area contributed by atoms with Crippen LogP contribution in [0.25, 0.3) is 0 Å². The number of primary amides is 2. The van der Waals surface area contributed by atoms with E-state index in [4.69, 9.17) is 17.2 Å². The van der Waals surface area contributed by atoms with Gasteiger partial charge in [-0.2, -0.15) is 0 Å². The van der Waals surface area contributed by atoms with Gasteiger partial charge in [0.25, 0.3) is 0 Å². The quantitative estimate of drug-likeness (QED) is 0.0320. The number of hydrogen-bond donors (Lipinski definition) is 15. The van der Waals surface area contributed by atoms with Crippen LogP contribution >= 0.6 is 0 Å². The van der Waals surface area contributed by atoms with Crippen LogP contribution in [0.1, 0.15) is 83.8 Å². The average Bonchev–Trinajstić information content (AvgIpc) is 3.35. The van der Waals surface area contributed by atoms with Gasteiger partial charge in [-0.25, -0.2) is 4.79 Å². The van der Waals surface area contributed by atoms with Gasteiger partial charge in [0, 0.05) is 32.1 Å². The molecule has 28 heteroatoms. The summed E-state index contributed by atoms with van der Waals surface area (Å²) in [6.07, 6.45) is -5.01. The van der Waals surface area contributed by atoms with E-state index in [-0.39, 0.29) is 30.6 Å². The molecule has 0 heterocycles. The van der Waals surface area contributed by atoms with Crippen LogP contribution in [0.2, 0.25) is 0 Å². The van der Waals surface area contributed by atoms with Gasteiger partial charge < -0.3 is 80.2 Å². The summed E-state index contributed by atoms with van der Waals surface area (Å²) < 4.78 is 0. The van der Waals surface area contributed by atoms with Gasteiger partial charge in [0.1, 0.15) is 54.1 Å². The lowest BCUT2D eigenvalue weighted by Gasteiger charge is -2.28. The number of carboxylic acids is 3. The third-order valence-corrected chi connectivity index (χ3v) is 11.5. The molecule has 0 spiro atoms. The summed E-state index contributed by atoms with van der Waals surface area (Å²) in [4.78, 5) is 169. The van der Waals surface area contributed by atoms with E-state index in [9.17, 15) is 82.8 Å². The third-order valence-electron chi connectivity index (χ3n) is 11.5. The Bertz CT molecular complexity index is 2440. The van der Waals surface area contributed by atoms with E-state index >= 15 is 0 Å². The van der Waals surface area contributed by atoms with Gasteiger partial charge in [0.15, 0.2) is 0 Å². The molecule has 2 rings (SSSR count). The van der Waals surface area contributed by atoms with Crippen molar-refractivity contribution >= 4 is 77.0 Å². The minimum Gasteiger partial charge on any atom is -0.508 e. The lowest BCUT2D eigenvalue weighted by Crippen LogP contribution is -2.61. The monoisotopic (exact) mass is 1080 g/mol. The Kier molecular flexibility index (Phi) is 26.7. The Balaban J connectivity index is 2.56. The Morgan fingerprint density at radius 3 is 1.25 bits per heavy atom. The Morgan fingerprint density at radius 2 is 0.818 bits per heavy atom. The first-order chi connectivity index (χ1) is 36.1. The van der Waals surface area contributed by atoms with Crippen LogP contribution in [-0.4, -0.2) is 152 Å². The fraction of sp³-hybridized carbons (Fsp3) is 0.490. The largest absolute Gasteiger partial charge is 0.508 e. The maximum Gasteiger partial charge on any atom is 0.326 e. The lowest BCUT2D eigenvalue weighted by atomic mass is 10.0. The number of nitrogens with two attached hydrogens (primary N) is 3. The highest BCUT2D eigenvalue weighted by atomic mass is 16.4. The van der Waals surface area contributed by atoms with Crippen molar-refractivity contribution in [1.29, 1.82) is 0 Å². The van der Waals surface area contributed by atoms with Crippen LogP contribution in [0.5, 0.6) is 5.75 Å². The highest BCUT2D eigenvalue weighted by Gasteiger charge is 2.36. The smallest absolute Gasteiger partial charge is 0.326 e. The van der Waals surface area contributed by atoms with Crippen molar-refractivity contribution in [3.8, 4) is 5.75 Å². The van der Waals surface area contributed by atoms with Gasteiger partial charge in [0.05, 0.1) is 13.0 Å². The number of amides is 10. The normalized spacial score (nSPS) is 14.1. The molecule has 0 aliphatic heterocycles. The molecule has 2 aromatic carbocycles. The van der Waals surface area contributed by atoms with Crippen molar-refractivity contribution < 1.29 is 82.8 Å². The molecule has 0 radical (unpaired) electrons. The molecule has 2 aromatic rings. The van der Waals surface area contributed by atoms with E-state index in [1.165, 1.54) is 52.0 Å². The van der Waals surface area contributed by atoms with Gasteiger partial charge >= 0.3 is 17.9 Å². The van der Waals surface area contributed by atoms with Crippen molar-refractivity contribution in [2.24, 2.45) is 29.0 Å². The van der Waals surface area contributed by atoms with E-state index in [1.54, 1.807) is 30.3 Å². The van der Waals surface area contributed by atoms with E-state index in [0.29, 0.717) is 5.56 Å². The van der Waals surface area contributed by atoms with E-state index < -0.39 is 182 Å². The molecule has 0 aliphatic carbocycles. The molecule has 0 aromatic heterocycles. The minimum atomic E-state index is -1.87. The number of aliphatic carboxylic acids is 3. The number of rotatable bonds is 34. The molecular formula is C49H69N11O17. The SMILES string of the molecule is CC(C)C(NC(=O)C(Cc1ccccc1)NC(=O)C(CCC(=O)O)NC(=O)C(CCC(=O)O)NC(=O)C(Cc1ccc(O)cc1)NC(=O)C(CC(N)=O)NC(=O)C(NC(=O)C(CCC(N)=O)NC(=O)CN)C(C)C)C(=O)O. The summed E-state index contributed by atoms with van der Waals surface area (Å²) in [5.41, 5.74) is 16.8. The first-order valence-electron chi connectivity index (χ1n) is 24.3. The van der Waals surface area contributed by atoms with Gasteiger partial charge in [-0.3, -0.25) is 57.5 Å². The topological polar surface area (TPSA) is 477 Å². The highest BCUT2D eigenvalue weighted by Crippen LogP contribution is 2.14. The Labute approximate surface area is 442 Å². The highest BCUT2D eigenvalue weighted by molar-refractivity contribution is 5.99. The number of carbonyl (C=O) groups is 13. The fourth-order valence-electron chi connectivity index (χ4n) is 7.34. The fourth-order valence-corrected chi connectivity index (χ4v) is 7.34. The summed E-state index contributed by atoms with van der Waals surface area (Å²) in [6, 6.07) is 0.283. The van der Waals surface area contributed by atoms with Crippen molar-refractivity contribution in [2.75, 3.05) is 6.54 Å². The lowest BCUT2D eigenvalue weighted by molar-refractivity contribution is -0.143. The molecule has 0 fully saturated rings. The number of benzene rings is 2. The average molecular weight is 1080 g/mol. The summed E-state index contributed by atoms with van der Waals surface area (Å²) in [6.45, 7) is 5.52. The van der Waals surface area contributed by atoms with Crippen LogP contribution in [0.15, 0.2) is 54.6 Å². The molecule has 0 saturated carbocycles. The van der Waals surface area contributed by atoms with Crippen LogP contribution < -0.4 is 59.7 Å². The molecule has 18 N–H and O–H groups in total. The van der Waals surface area contributed by atoms with Crippen LogP contribution in [0.4, 0.5) is 0 Å². The first-order valence-corrected chi connectivity index (χ1v) is 24.3. The number of carbonyl (C=O) groups excluding carboxylic acids is 10. The molecule has 8 unspecified atom stereocenters. The summed E-state index contributed by atoms with van der Waals surface area (Å²) in [7, 11) is 0. The molecule has 0 saturated heterocycles. The van der Waals surface area contributed by atoms with Crippen molar-refractivity contribution in [2.45, 2.75) is 134 Å². The number of aromatic hydroxyl groups is 1. The number of carboxylic acid groups (broad SMARTS) is 3. The Morgan fingerprint density at radius 1 is 0.442 bits per heavy atom. The van der Waals surface area contributed by atoms with Crippen LogP contribution in [-0.2, 0) is 75.2 Å². The van der Waals surface area contributed by atoms with Gasteiger partial charge in [-0.05, 0) is 54.4 Å². The van der Waals surface area contributed by atoms with E-state index in [0.717, 1.165) is 0 Å². The second-order valence-electron chi connectivity index (χ2n) is 18.5. The minimum absolute atomic E-state index is 0.199. The number of phenols is 1. The standard InChI is InChI=1S/C49H69N11O17/c1-24(2)40(59-44(71)29(14-17-35(51)62)53-37(64)23-50)48(75)58-34(22-36(52)63)46(73)57-32(21-27-10-12-28(61)13-11-27)45(72)55-30(15-18-38(65)66)42(69)54-31(16-19-39(67)68)43(70)56-33(20-26-8-6-5-7-9-26)47(74)60-41(25(3)4)49(76)77/h5-13,24-25,29-34,40-41,61H,14-23,50H2,1-4H3,(H2,51,62)(H2,52,63)(H,53,64)(H,54,69)(H,55,72)(H,56,70)(H,57,73)(H,58,75)(H,59,71)(H,60,74)(H,65,66)(H,67,68)(H,76,77). The van der Waals surface area contributed by atoms with Crippen molar-refractivity contribution in [3.63, 3.8) is 0 Å². The second-order valence-corrected chi connectivity index (χ2v) is 18.5. The maximum atomic E-state index is 14.3. The predicted molar refractivity (Wildman–Crippen MR) is 270 cm³/mol. The molecule has 77 heavy (non-hydrogen) atoms. The number of hydrogen-bond acceptors (Lipinski definition) is 15. The van der Waals surface area contributed by atoms with Crippen LogP contribution in [0, 0.1) is 11.8 Å². The zero-order valence-corrected chi connectivity index (χ0v) is 42.9. The maximum absolute atomic E-state index is 14.3. The van der Waals surface area contributed by atoms with Crippen molar-refractivity contribution in [1.82, 2.24) is 42.5 Å². The van der Waals surface area contributed by atoms with Crippen molar-refractivity contribution in [3.05, 3.63) is 65.7 Å². The summed E-state index contributed by atoms with van der Waals surface area (Å²) >= 11 is 0. The second kappa shape index (κ2) is 31.9. The number of nitrogens with one attached hydrogen (secondary N) is 8. The van der Waals surface area contributed by atoms with Gasteiger partial charge in [0.2, 0.25) is 59.1 Å². The molecule has 28 nitrogen and oxygen atoms in total. The zero-order valence-electron chi connectivity index (χ0n) is 42.9. The molecule has 422 valence electrons. The van der Waals surface area contributed by atoms with Crippen LogP contribution in [0.3, 0.4) is 0 Å². The third kappa shape index (κ3) is 23.6. The summed E-state index contributed by atoms with van der Waals surface area (Å²) in [5, 5.41) is 57.8. The first kappa shape index (κ1) is 64.4. The molecule has 10 amide bonds. The Hall–Kier alpha value is -8.69. The van der Waals surface area contributed by atoms with E-state index in [2.05, 4.69) is 42.5 Å². The molecule has 0 aliphatic rings. The number of phenolic OH excluding ortho intramolecular Hbond substituents is 1. The molecular weight excluding hydrogens is 1010 g/mol. The van der Waals surface area contributed by atoms with E-state index in [1.807, 2.05) is 0 Å². The zero-order chi connectivity index (χ0) is 58.1. The van der Waals surface area contributed by atoms with Gasteiger partial charge in [-0.1, -0.05) is 70.2 Å². The molecule has 8 atom stereocenters. The summed E-state index contributed by atoms with van der Waals surface area (Å²) in [5.74, 6) is -16.3. The predicted octanol–water partition coefficient (Wildman–Crippen LogP) is -3.72. The molecule has 0 bridgehead atoms. The van der Waals surface area contributed by atoms with Gasteiger partial charge in [-0.15, -0.1) is 0 Å².